The zero-order valence-corrected chi connectivity index (χ0v) is 11.6. The van der Waals surface area contributed by atoms with Crippen LogP contribution >= 0.6 is 0 Å². The average Bonchev–Trinajstić information content (AvgIpc) is 2.66. The van der Waals surface area contributed by atoms with Crippen molar-refractivity contribution in [2.24, 2.45) is 0 Å². The molecule has 0 aromatic heterocycles. The molecule has 2 amide bonds. The number of hydrogen-bond donors (Lipinski definition) is 2. The van der Waals surface area contributed by atoms with Crippen molar-refractivity contribution < 1.29 is 28.2 Å². The molecule has 0 spiro atoms. The quantitative estimate of drug-likeness (QED) is 0.659. The largest absolute Gasteiger partial charge is 0.480 e. The van der Waals surface area contributed by atoms with Crippen LogP contribution in [0.5, 0.6) is 0 Å². The van der Waals surface area contributed by atoms with Gasteiger partial charge in [-0.3, -0.25) is 0 Å². The molecular weight excluding hydrogens is 276 g/mol. The summed E-state index contributed by atoms with van der Waals surface area (Å²) in [6.07, 6.45) is 0.180. The molecule has 1 saturated heterocycles. The summed E-state index contributed by atoms with van der Waals surface area (Å²) in [5, 5.41) is 18.4. The maximum Gasteiger partial charge on any atom is 0.326 e. The monoisotopic (exact) mass is 294 g/mol. The van der Waals surface area contributed by atoms with Crippen LogP contribution in [0.25, 0.3) is 0 Å². The minimum Gasteiger partial charge on any atom is -0.480 e. The highest BCUT2D eigenvalue weighted by atomic mass is 32.2. The predicted molar refractivity (Wildman–Crippen MR) is 66.5 cm³/mol. The molecule has 8 nitrogen and oxygen atoms in total. The van der Waals surface area contributed by atoms with Gasteiger partial charge in [-0.25, -0.2) is 18.0 Å². The zero-order chi connectivity index (χ0) is 14.8. The molecule has 0 unspecified atom stereocenters. The number of likely N-dealkylation sites (tertiary alicyclic amines) is 1. The molecule has 110 valence electrons. The number of carbonyl (C=O) groups is 2. The Morgan fingerprint density at radius 2 is 2.00 bits per heavy atom. The van der Waals surface area contributed by atoms with Gasteiger partial charge in [0, 0.05) is 32.8 Å². The minimum atomic E-state index is -3.19. The molecule has 0 aromatic carbocycles. The van der Waals surface area contributed by atoms with Crippen molar-refractivity contribution in [2.45, 2.75) is 18.6 Å². The first kappa shape index (κ1) is 15.7. The first-order valence-corrected chi connectivity index (χ1v) is 7.78. The van der Waals surface area contributed by atoms with Gasteiger partial charge in [0.25, 0.3) is 0 Å². The third kappa shape index (κ3) is 4.35. The molecule has 2 N–H and O–H groups in total. The molecule has 1 fully saturated rings. The Kier molecular flexibility index (Phi) is 4.75. The molecule has 2 atom stereocenters. The molecule has 9 heteroatoms. The number of sulfone groups is 1. The highest BCUT2D eigenvalue weighted by molar-refractivity contribution is 7.90. The van der Waals surface area contributed by atoms with Crippen LogP contribution in [0, 0.1) is 0 Å². The number of carboxylic acid groups (broad SMARTS) is 1. The summed E-state index contributed by atoms with van der Waals surface area (Å²) in [4.78, 5) is 25.2. The number of amides is 2. The van der Waals surface area contributed by atoms with E-state index in [1.807, 2.05) is 0 Å². The molecule has 19 heavy (non-hydrogen) atoms. The van der Waals surface area contributed by atoms with E-state index in [0.29, 0.717) is 0 Å². The van der Waals surface area contributed by atoms with Crippen molar-refractivity contribution in [3.05, 3.63) is 0 Å². The normalized spacial score (nSPS) is 23.4. The molecule has 0 radical (unpaired) electrons. The second kappa shape index (κ2) is 5.74. The van der Waals surface area contributed by atoms with E-state index in [1.165, 1.54) is 7.05 Å². The van der Waals surface area contributed by atoms with Gasteiger partial charge < -0.3 is 20.0 Å². The maximum atomic E-state index is 12.0. The van der Waals surface area contributed by atoms with Crippen LogP contribution in [0.3, 0.4) is 0 Å². The lowest BCUT2D eigenvalue weighted by Gasteiger charge is -2.27. The van der Waals surface area contributed by atoms with E-state index in [0.717, 1.165) is 16.1 Å². The van der Waals surface area contributed by atoms with Gasteiger partial charge in [0.05, 0.1) is 11.9 Å². The molecule has 1 aliphatic rings. The minimum absolute atomic E-state index is 0.0129. The van der Waals surface area contributed by atoms with E-state index in [4.69, 9.17) is 5.11 Å². The number of carbonyl (C=O) groups excluding carboxylic acids is 1. The number of carboxylic acids is 1. The maximum absolute atomic E-state index is 12.0. The van der Waals surface area contributed by atoms with Crippen molar-refractivity contribution in [3.8, 4) is 0 Å². The van der Waals surface area contributed by atoms with Crippen molar-refractivity contribution in [1.82, 2.24) is 9.80 Å². The number of aliphatic hydroxyl groups excluding tert-OH is 1. The fourth-order valence-electron chi connectivity index (χ4n) is 1.88. The van der Waals surface area contributed by atoms with Crippen LogP contribution in [-0.2, 0) is 14.6 Å². The Labute approximate surface area is 111 Å². The van der Waals surface area contributed by atoms with Gasteiger partial charge in [-0.1, -0.05) is 0 Å². The molecule has 0 saturated carbocycles. The molecule has 1 heterocycles. The van der Waals surface area contributed by atoms with Crippen molar-refractivity contribution >= 4 is 21.8 Å². The Bertz CT molecular complexity index is 463. The summed E-state index contributed by atoms with van der Waals surface area (Å²) in [6, 6.07) is -1.66. The highest BCUT2D eigenvalue weighted by Crippen LogP contribution is 2.19. The third-order valence-electron chi connectivity index (χ3n) is 2.93. The Hall–Kier alpha value is -1.35. The summed E-state index contributed by atoms with van der Waals surface area (Å²) in [6.45, 7) is -0.0738. The predicted octanol–water partition coefficient (Wildman–Crippen LogP) is -1.40. The number of aliphatic carboxylic acids is 1. The van der Waals surface area contributed by atoms with E-state index < -0.39 is 34.0 Å². The summed E-state index contributed by atoms with van der Waals surface area (Å²) >= 11 is 0. The standard InChI is InChI=1S/C10H18N2O6S/c1-11(3-4-19(2,17)18)10(16)12-6-7(13)5-8(12)9(14)15/h7-8,13H,3-6H2,1-2H3,(H,14,15)/t7-,8+/m0/s1. The molecule has 1 aliphatic heterocycles. The lowest BCUT2D eigenvalue weighted by atomic mass is 10.2. The second-order valence-electron chi connectivity index (χ2n) is 4.73. The van der Waals surface area contributed by atoms with E-state index >= 15 is 0 Å². The molecular formula is C10H18N2O6S. The Morgan fingerprint density at radius 1 is 1.42 bits per heavy atom. The van der Waals surface area contributed by atoms with Gasteiger partial charge in [0.15, 0.2) is 0 Å². The van der Waals surface area contributed by atoms with Crippen molar-refractivity contribution in [1.29, 1.82) is 0 Å². The van der Waals surface area contributed by atoms with Crippen LogP contribution in [0.15, 0.2) is 0 Å². The Balaban J connectivity index is 2.68. The summed E-state index contributed by atoms with van der Waals surface area (Å²) < 4.78 is 22.0. The fourth-order valence-corrected chi connectivity index (χ4v) is 2.48. The number of β-amino-alcohol motifs (C(OH)–C–C–N with tert-alkyl or cyclic N) is 1. The SMILES string of the molecule is CN(CCS(C)(=O)=O)C(=O)N1C[C@@H](O)C[C@@H]1C(=O)O. The van der Waals surface area contributed by atoms with E-state index in [2.05, 4.69) is 0 Å². The van der Waals surface area contributed by atoms with Gasteiger partial charge in [-0.15, -0.1) is 0 Å². The summed E-state index contributed by atoms with van der Waals surface area (Å²) in [7, 11) is -1.80. The molecule has 0 aromatic rings. The smallest absolute Gasteiger partial charge is 0.326 e. The van der Waals surface area contributed by atoms with Gasteiger partial charge in [-0.05, 0) is 0 Å². The average molecular weight is 294 g/mol. The second-order valence-corrected chi connectivity index (χ2v) is 6.99. The number of hydrogen-bond acceptors (Lipinski definition) is 5. The zero-order valence-electron chi connectivity index (χ0n) is 10.8. The topological polar surface area (TPSA) is 115 Å². The van der Waals surface area contributed by atoms with Gasteiger partial charge >= 0.3 is 12.0 Å². The molecule has 0 bridgehead atoms. The van der Waals surface area contributed by atoms with Gasteiger partial charge in [0.1, 0.15) is 15.9 Å². The number of nitrogens with zero attached hydrogens (tertiary/aromatic N) is 2. The van der Waals surface area contributed by atoms with Crippen LogP contribution in [0.1, 0.15) is 6.42 Å². The number of aliphatic hydroxyl groups is 1. The first-order chi connectivity index (χ1) is 8.61. The fraction of sp³-hybridized carbons (Fsp3) is 0.800. The van der Waals surface area contributed by atoms with E-state index in [-0.39, 0.29) is 25.3 Å². The van der Waals surface area contributed by atoms with Gasteiger partial charge in [0.2, 0.25) is 0 Å². The third-order valence-corrected chi connectivity index (χ3v) is 3.86. The summed E-state index contributed by atoms with van der Waals surface area (Å²) in [5.74, 6) is -1.37. The Morgan fingerprint density at radius 3 is 2.47 bits per heavy atom. The summed E-state index contributed by atoms with van der Waals surface area (Å²) in [5.41, 5.74) is 0. The van der Waals surface area contributed by atoms with Crippen molar-refractivity contribution in [3.63, 3.8) is 0 Å². The van der Waals surface area contributed by atoms with Crippen LogP contribution in [0.4, 0.5) is 4.79 Å². The van der Waals surface area contributed by atoms with Gasteiger partial charge in [-0.2, -0.15) is 0 Å². The molecule has 0 aliphatic carbocycles. The number of urea groups is 1. The lowest BCUT2D eigenvalue weighted by molar-refractivity contribution is -0.141. The van der Waals surface area contributed by atoms with Crippen LogP contribution in [0.2, 0.25) is 0 Å². The highest BCUT2D eigenvalue weighted by Gasteiger charge is 2.40. The van der Waals surface area contributed by atoms with Crippen molar-refractivity contribution in [2.75, 3.05) is 32.1 Å². The van der Waals surface area contributed by atoms with E-state index in [1.54, 1.807) is 0 Å². The number of rotatable bonds is 4. The first-order valence-electron chi connectivity index (χ1n) is 5.72. The van der Waals surface area contributed by atoms with Crippen LogP contribution < -0.4 is 0 Å². The lowest BCUT2D eigenvalue weighted by Crippen LogP contribution is -2.47. The molecule has 1 rings (SSSR count). The van der Waals surface area contributed by atoms with E-state index in [9.17, 15) is 23.1 Å². The van der Waals surface area contributed by atoms with Crippen LogP contribution in [-0.4, -0.2) is 84.7 Å².